The van der Waals surface area contributed by atoms with Crippen molar-refractivity contribution in [3.05, 3.63) is 29.3 Å². The van der Waals surface area contributed by atoms with Crippen molar-refractivity contribution in [2.45, 2.75) is 19.9 Å². The van der Waals surface area contributed by atoms with Crippen molar-refractivity contribution < 1.29 is 28.5 Å². The maximum absolute atomic E-state index is 2.44. The van der Waals surface area contributed by atoms with Gasteiger partial charge in [-0.3, -0.25) is 0 Å². The summed E-state index contributed by atoms with van der Waals surface area (Å²) in [4.78, 5) is 0. The van der Waals surface area contributed by atoms with E-state index >= 15 is 0 Å². The molecular weight excluding hydrogens is 432 g/mol. The van der Waals surface area contributed by atoms with Gasteiger partial charge in [-0.2, -0.15) is 4.57 Å². The summed E-state index contributed by atoms with van der Waals surface area (Å²) in [5.41, 5.74) is 1.39. The zero-order valence-corrected chi connectivity index (χ0v) is 13.7. The van der Waals surface area contributed by atoms with Gasteiger partial charge in [0, 0.05) is 23.8 Å². The number of hydrogen-bond donors (Lipinski definition) is 0. The molecule has 0 saturated carbocycles. The van der Waals surface area contributed by atoms with Gasteiger partial charge in [-0.25, -0.2) is 0 Å². The van der Waals surface area contributed by atoms with Crippen molar-refractivity contribution in [2.75, 3.05) is 4.43 Å². The Balaban J connectivity index is 0.00000112. The zero-order chi connectivity index (χ0) is 9.97. The molecule has 1 aromatic carbocycles. The largest absolute Gasteiger partial charge is 1.00 e. The van der Waals surface area contributed by atoms with E-state index in [9.17, 15) is 0 Å². The number of benzene rings is 1. The van der Waals surface area contributed by atoms with Crippen molar-refractivity contribution in [3.8, 4) is 0 Å². The Morgan fingerprint density at radius 1 is 1.33 bits per heavy atom. The Kier molecular flexibility index (Phi) is 5.76. The molecule has 2 aromatic rings. The number of para-hydroxylation sites is 1. The fraction of sp³-hybridized carbons (Fsp3) is 0.364. The second-order valence-electron chi connectivity index (χ2n) is 3.28. The number of hydrogen-bond acceptors (Lipinski definition) is 1. The first-order valence-electron chi connectivity index (χ1n) is 4.77. The van der Waals surface area contributed by atoms with Crippen LogP contribution in [0.4, 0.5) is 0 Å². The first kappa shape index (κ1) is 13.6. The van der Waals surface area contributed by atoms with Crippen LogP contribution in [0.15, 0.2) is 24.3 Å². The third-order valence-corrected chi connectivity index (χ3v) is 4.15. The van der Waals surface area contributed by atoms with Gasteiger partial charge >= 0.3 is 0 Å². The van der Waals surface area contributed by atoms with Gasteiger partial charge in [-0.05, 0) is 6.07 Å². The number of rotatable bonds is 3. The third kappa shape index (κ3) is 3.03. The van der Waals surface area contributed by atoms with Gasteiger partial charge in [0.15, 0.2) is 6.54 Å². The standard InChI is InChI=1S/C11H13INS.HI/c1-9-13(8-4-7-12)10-5-2-3-6-11(10)14-9;/h2-3,5-6H,4,7-8H2,1H3;1H/q+1;/p-1. The van der Waals surface area contributed by atoms with Gasteiger partial charge in [0.05, 0.1) is 0 Å². The van der Waals surface area contributed by atoms with Crippen LogP contribution in [0, 0.1) is 6.92 Å². The van der Waals surface area contributed by atoms with Crippen LogP contribution in [-0.2, 0) is 6.54 Å². The summed E-state index contributed by atoms with van der Waals surface area (Å²) in [6, 6.07) is 8.65. The Morgan fingerprint density at radius 2 is 2.07 bits per heavy atom. The smallest absolute Gasteiger partial charge is 0.235 e. The Bertz CT molecular complexity index is 439. The highest BCUT2D eigenvalue weighted by atomic mass is 127. The molecule has 4 heteroatoms. The molecule has 0 bridgehead atoms. The lowest BCUT2D eigenvalue weighted by Crippen LogP contribution is -3.00. The van der Waals surface area contributed by atoms with Crippen LogP contribution in [0.3, 0.4) is 0 Å². The predicted molar refractivity (Wildman–Crippen MR) is 70.3 cm³/mol. The van der Waals surface area contributed by atoms with Crippen LogP contribution in [0.2, 0.25) is 0 Å². The Hall–Kier alpha value is 0.570. The number of aryl methyl sites for hydroxylation is 2. The fourth-order valence-corrected chi connectivity index (χ4v) is 3.03. The minimum Gasteiger partial charge on any atom is -1.00 e. The van der Waals surface area contributed by atoms with Gasteiger partial charge in [-0.1, -0.05) is 46.1 Å². The van der Waals surface area contributed by atoms with E-state index in [0.717, 1.165) is 6.54 Å². The number of aromatic nitrogens is 1. The summed E-state index contributed by atoms with van der Waals surface area (Å²) in [5.74, 6) is 0. The van der Waals surface area contributed by atoms with Crippen LogP contribution in [0.5, 0.6) is 0 Å². The first-order valence-corrected chi connectivity index (χ1v) is 7.11. The molecule has 0 atom stereocenters. The summed E-state index contributed by atoms with van der Waals surface area (Å²) < 4.78 is 5.06. The molecule has 0 spiro atoms. The fourth-order valence-electron chi connectivity index (χ4n) is 1.65. The molecule has 1 nitrogen and oxygen atoms in total. The van der Waals surface area contributed by atoms with E-state index in [-0.39, 0.29) is 24.0 Å². The molecular formula is C11H13I2NS. The number of alkyl halides is 1. The van der Waals surface area contributed by atoms with Crippen LogP contribution < -0.4 is 28.5 Å². The van der Waals surface area contributed by atoms with Crippen LogP contribution >= 0.6 is 33.9 Å². The zero-order valence-electron chi connectivity index (χ0n) is 8.54. The first-order chi connectivity index (χ1) is 6.83. The van der Waals surface area contributed by atoms with Crippen LogP contribution in [0.1, 0.15) is 11.4 Å². The second-order valence-corrected chi connectivity index (χ2v) is 5.60. The summed E-state index contributed by atoms with van der Waals surface area (Å²) in [7, 11) is 0. The third-order valence-electron chi connectivity index (χ3n) is 2.31. The second kappa shape index (κ2) is 6.34. The number of nitrogens with zero attached hydrogens (tertiary/aromatic N) is 1. The van der Waals surface area contributed by atoms with E-state index < -0.39 is 0 Å². The SMILES string of the molecule is Cc1sc2ccccc2[n+]1CCCI.[I-]. The molecule has 0 radical (unpaired) electrons. The van der Waals surface area contributed by atoms with Crippen molar-refractivity contribution in [1.29, 1.82) is 0 Å². The minimum absolute atomic E-state index is 0. The van der Waals surface area contributed by atoms with Crippen LogP contribution in [-0.4, -0.2) is 4.43 Å². The average Bonchev–Trinajstić information content (AvgIpc) is 2.51. The average molecular weight is 445 g/mol. The van der Waals surface area contributed by atoms with E-state index in [4.69, 9.17) is 0 Å². The molecule has 82 valence electrons. The van der Waals surface area contributed by atoms with Crippen molar-refractivity contribution in [2.24, 2.45) is 0 Å². The maximum atomic E-state index is 2.44. The van der Waals surface area contributed by atoms with E-state index in [1.54, 1.807) is 0 Å². The lowest BCUT2D eigenvalue weighted by atomic mass is 10.3. The van der Waals surface area contributed by atoms with Gasteiger partial charge in [0.1, 0.15) is 4.70 Å². The quantitative estimate of drug-likeness (QED) is 0.365. The molecule has 0 aliphatic carbocycles. The van der Waals surface area contributed by atoms with E-state index in [1.165, 1.54) is 26.1 Å². The maximum Gasteiger partial charge on any atom is 0.235 e. The Morgan fingerprint density at radius 3 is 2.80 bits per heavy atom. The van der Waals surface area contributed by atoms with E-state index in [1.807, 2.05) is 11.3 Å². The molecule has 0 saturated heterocycles. The summed E-state index contributed by atoms with van der Waals surface area (Å²) in [6.45, 7) is 3.36. The molecule has 0 amide bonds. The van der Waals surface area contributed by atoms with Crippen molar-refractivity contribution in [3.63, 3.8) is 0 Å². The molecule has 15 heavy (non-hydrogen) atoms. The minimum atomic E-state index is 0. The summed E-state index contributed by atoms with van der Waals surface area (Å²) in [6.07, 6.45) is 1.26. The molecule has 0 aliphatic heterocycles. The summed E-state index contributed by atoms with van der Waals surface area (Å²) in [5, 5.41) is 1.41. The number of fused-ring (bicyclic) bond motifs is 1. The van der Waals surface area contributed by atoms with Crippen LogP contribution in [0.25, 0.3) is 10.2 Å². The highest BCUT2D eigenvalue weighted by Gasteiger charge is 2.14. The van der Waals surface area contributed by atoms with Gasteiger partial charge < -0.3 is 24.0 Å². The molecule has 0 unspecified atom stereocenters. The lowest BCUT2D eigenvalue weighted by molar-refractivity contribution is -0.672. The number of halogens is 2. The van der Waals surface area contributed by atoms with Gasteiger partial charge in [0.25, 0.3) is 0 Å². The number of thiazole rings is 1. The van der Waals surface area contributed by atoms with Crippen molar-refractivity contribution >= 4 is 44.1 Å². The molecule has 1 heterocycles. The van der Waals surface area contributed by atoms with Gasteiger partial charge in [0.2, 0.25) is 10.5 Å². The summed E-state index contributed by atoms with van der Waals surface area (Å²) >= 11 is 4.33. The lowest BCUT2D eigenvalue weighted by Gasteiger charge is -1.93. The topological polar surface area (TPSA) is 3.88 Å². The normalized spacial score (nSPS) is 10.3. The molecule has 0 aliphatic rings. The Labute approximate surface area is 125 Å². The highest BCUT2D eigenvalue weighted by molar-refractivity contribution is 14.1. The molecule has 0 N–H and O–H groups in total. The van der Waals surface area contributed by atoms with E-state index in [2.05, 4.69) is 58.3 Å². The highest BCUT2D eigenvalue weighted by Crippen LogP contribution is 2.19. The predicted octanol–water partition coefficient (Wildman–Crippen LogP) is 0.326. The van der Waals surface area contributed by atoms with E-state index in [0.29, 0.717) is 0 Å². The van der Waals surface area contributed by atoms with Crippen molar-refractivity contribution in [1.82, 2.24) is 0 Å². The molecule has 1 aromatic heterocycles. The molecule has 0 fully saturated rings. The molecule has 2 rings (SSSR count). The monoisotopic (exact) mass is 445 g/mol. The van der Waals surface area contributed by atoms with Gasteiger partial charge in [-0.15, -0.1) is 0 Å².